The van der Waals surface area contributed by atoms with Gasteiger partial charge in [-0.1, -0.05) is 32.1 Å². The molecule has 74 valence electrons. The Bertz CT molecular complexity index is 208. The highest BCUT2D eigenvalue weighted by Gasteiger charge is 2.63. The minimum Gasteiger partial charge on any atom is -0.252 e. The van der Waals surface area contributed by atoms with E-state index in [2.05, 4.69) is 34.2 Å². The fourth-order valence-electron chi connectivity index (χ4n) is 3.89. The molecule has 3 aliphatic rings. The molecule has 0 spiro atoms. The normalized spacial score (nSPS) is 51.2. The van der Waals surface area contributed by atoms with Crippen molar-refractivity contribution in [2.45, 2.75) is 19.3 Å². The van der Waals surface area contributed by atoms with Crippen molar-refractivity contribution in [3.8, 4) is 0 Å². The predicted octanol–water partition coefficient (Wildman–Crippen LogP) is 1.46. The molecule has 2 aliphatic heterocycles. The molecule has 0 aromatic rings. The van der Waals surface area contributed by atoms with Crippen LogP contribution in [0.5, 0.6) is 0 Å². The van der Waals surface area contributed by atoms with Crippen molar-refractivity contribution in [2.24, 2.45) is 10.8 Å². The summed E-state index contributed by atoms with van der Waals surface area (Å²) in [5, 5.41) is 0. The van der Waals surface area contributed by atoms with Gasteiger partial charge >= 0.3 is 0 Å². The summed E-state index contributed by atoms with van der Waals surface area (Å²) in [5.74, 6) is 0. The minimum atomic E-state index is 0.538. The second-order valence-electron chi connectivity index (χ2n) is 5.06. The third-order valence-corrected chi connectivity index (χ3v) is 4.94. The summed E-state index contributed by atoms with van der Waals surface area (Å²) >= 11 is 9.03. The van der Waals surface area contributed by atoms with Crippen LogP contribution in [0.3, 0.4) is 0 Å². The standard InChI is InChI=1S/C9H16N2S2/c12-10-4-8-2-1-3-9(8,6-10)7-11(13)5-8/h12-13H,1-7H2. The summed E-state index contributed by atoms with van der Waals surface area (Å²) in [4.78, 5) is 0. The van der Waals surface area contributed by atoms with E-state index in [9.17, 15) is 0 Å². The Morgan fingerprint density at radius 2 is 1.15 bits per heavy atom. The van der Waals surface area contributed by atoms with Crippen LogP contribution in [0.4, 0.5) is 0 Å². The Morgan fingerprint density at radius 3 is 1.54 bits per heavy atom. The molecule has 3 fully saturated rings. The van der Waals surface area contributed by atoms with Gasteiger partial charge < -0.3 is 0 Å². The molecule has 1 aliphatic carbocycles. The molecular weight excluding hydrogens is 200 g/mol. The lowest BCUT2D eigenvalue weighted by molar-refractivity contribution is 0.212. The van der Waals surface area contributed by atoms with E-state index < -0.39 is 0 Å². The third kappa shape index (κ3) is 1.01. The van der Waals surface area contributed by atoms with E-state index >= 15 is 0 Å². The second-order valence-corrected chi connectivity index (χ2v) is 6.19. The maximum atomic E-state index is 4.51. The van der Waals surface area contributed by atoms with Crippen molar-refractivity contribution in [3.63, 3.8) is 0 Å². The molecule has 4 heteroatoms. The molecule has 2 saturated heterocycles. The van der Waals surface area contributed by atoms with Crippen LogP contribution in [0.15, 0.2) is 0 Å². The molecule has 0 amide bonds. The molecule has 2 heterocycles. The molecule has 0 N–H and O–H groups in total. The average Bonchev–Trinajstić information content (AvgIpc) is 2.42. The zero-order valence-corrected chi connectivity index (χ0v) is 9.53. The molecular formula is C9H16N2S2. The maximum absolute atomic E-state index is 4.51. The van der Waals surface area contributed by atoms with Crippen LogP contribution >= 0.6 is 25.6 Å². The van der Waals surface area contributed by atoms with Crippen molar-refractivity contribution < 1.29 is 0 Å². The Hall–Kier alpha value is 0.620. The molecule has 1 saturated carbocycles. The first-order valence-electron chi connectivity index (χ1n) is 5.04. The van der Waals surface area contributed by atoms with Crippen LogP contribution in [0.2, 0.25) is 0 Å². The van der Waals surface area contributed by atoms with Crippen molar-refractivity contribution in [1.29, 1.82) is 0 Å². The smallest absolute Gasteiger partial charge is 0.0163 e. The average molecular weight is 216 g/mol. The number of rotatable bonds is 0. The molecule has 13 heavy (non-hydrogen) atoms. The summed E-state index contributed by atoms with van der Waals surface area (Å²) in [5.41, 5.74) is 1.08. The lowest BCUT2D eigenvalue weighted by atomic mass is 9.71. The zero-order chi connectivity index (χ0) is 9.10. The summed E-state index contributed by atoms with van der Waals surface area (Å²) in [7, 11) is 0. The fourth-order valence-corrected chi connectivity index (χ4v) is 4.97. The molecule has 0 unspecified atom stereocenters. The van der Waals surface area contributed by atoms with Gasteiger partial charge in [0.15, 0.2) is 0 Å². The van der Waals surface area contributed by atoms with Gasteiger partial charge in [0.1, 0.15) is 0 Å². The Kier molecular flexibility index (Phi) is 1.78. The molecule has 0 aromatic carbocycles. The summed E-state index contributed by atoms with van der Waals surface area (Å²) < 4.78 is 4.44. The van der Waals surface area contributed by atoms with Gasteiger partial charge in [-0.05, 0) is 12.8 Å². The fraction of sp³-hybridized carbons (Fsp3) is 1.00. The SMILES string of the molecule is SN1CC23CCCC2(C1)CN(S)C3. The Morgan fingerprint density at radius 1 is 0.769 bits per heavy atom. The summed E-state index contributed by atoms with van der Waals surface area (Å²) in [6.07, 6.45) is 4.20. The van der Waals surface area contributed by atoms with Gasteiger partial charge in [-0.15, -0.1) is 0 Å². The van der Waals surface area contributed by atoms with E-state index in [-0.39, 0.29) is 0 Å². The van der Waals surface area contributed by atoms with Crippen molar-refractivity contribution >= 4 is 25.6 Å². The number of hydrogen-bond acceptors (Lipinski definition) is 4. The van der Waals surface area contributed by atoms with E-state index in [1.54, 1.807) is 0 Å². The van der Waals surface area contributed by atoms with E-state index in [1.807, 2.05) is 0 Å². The van der Waals surface area contributed by atoms with Gasteiger partial charge in [0.2, 0.25) is 0 Å². The summed E-state index contributed by atoms with van der Waals surface area (Å²) in [6.45, 7) is 4.70. The van der Waals surface area contributed by atoms with Gasteiger partial charge in [-0.3, -0.25) is 8.61 Å². The van der Waals surface area contributed by atoms with Crippen LogP contribution in [-0.2, 0) is 0 Å². The van der Waals surface area contributed by atoms with Crippen LogP contribution in [0.25, 0.3) is 0 Å². The largest absolute Gasteiger partial charge is 0.252 e. The van der Waals surface area contributed by atoms with Crippen molar-refractivity contribution in [2.75, 3.05) is 26.2 Å². The minimum absolute atomic E-state index is 0.538. The number of nitrogens with zero attached hydrogens (tertiary/aromatic N) is 2. The number of hydrogen-bond donors (Lipinski definition) is 2. The zero-order valence-electron chi connectivity index (χ0n) is 7.74. The maximum Gasteiger partial charge on any atom is 0.0163 e. The quantitative estimate of drug-likeness (QED) is 0.592. The Labute approximate surface area is 90.7 Å². The second kappa shape index (κ2) is 2.60. The number of thiol groups is 2. The topological polar surface area (TPSA) is 6.48 Å². The highest BCUT2D eigenvalue weighted by molar-refractivity contribution is 7.77. The van der Waals surface area contributed by atoms with Crippen LogP contribution in [-0.4, -0.2) is 34.8 Å². The van der Waals surface area contributed by atoms with Crippen LogP contribution in [0, 0.1) is 10.8 Å². The van der Waals surface area contributed by atoms with Gasteiger partial charge in [0.05, 0.1) is 0 Å². The molecule has 0 aromatic heterocycles. The van der Waals surface area contributed by atoms with Crippen molar-refractivity contribution in [1.82, 2.24) is 8.61 Å². The van der Waals surface area contributed by atoms with E-state index in [0.717, 1.165) is 0 Å². The van der Waals surface area contributed by atoms with Crippen LogP contribution in [0.1, 0.15) is 19.3 Å². The summed E-state index contributed by atoms with van der Waals surface area (Å²) in [6, 6.07) is 0. The Balaban J connectivity index is 2.00. The monoisotopic (exact) mass is 216 g/mol. The molecule has 0 bridgehead atoms. The van der Waals surface area contributed by atoms with Gasteiger partial charge in [0.25, 0.3) is 0 Å². The highest BCUT2D eigenvalue weighted by atomic mass is 32.1. The van der Waals surface area contributed by atoms with Gasteiger partial charge in [-0.25, -0.2) is 0 Å². The first kappa shape index (κ1) is 8.89. The first-order chi connectivity index (χ1) is 6.16. The van der Waals surface area contributed by atoms with Gasteiger partial charge in [0, 0.05) is 37.0 Å². The first-order valence-corrected chi connectivity index (χ1v) is 5.84. The van der Waals surface area contributed by atoms with Crippen LogP contribution < -0.4 is 0 Å². The lowest BCUT2D eigenvalue weighted by Crippen LogP contribution is -2.34. The third-order valence-electron chi connectivity index (χ3n) is 4.38. The molecule has 0 atom stereocenters. The molecule has 2 nitrogen and oxygen atoms in total. The van der Waals surface area contributed by atoms with E-state index in [1.165, 1.54) is 45.4 Å². The lowest BCUT2D eigenvalue weighted by Gasteiger charge is -2.30. The highest BCUT2D eigenvalue weighted by Crippen LogP contribution is 2.62. The molecule has 3 rings (SSSR count). The van der Waals surface area contributed by atoms with E-state index in [0.29, 0.717) is 10.8 Å². The van der Waals surface area contributed by atoms with Crippen molar-refractivity contribution in [3.05, 3.63) is 0 Å². The van der Waals surface area contributed by atoms with Gasteiger partial charge in [-0.2, -0.15) is 0 Å². The molecule has 0 radical (unpaired) electrons. The van der Waals surface area contributed by atoms with E-state index in [4.69, 9.17) is 0 Å². The predicted molar refractivity (Wildman–Crippen MR) is 59.8 cm³/mol.